The third-order valence-electron chi connectivity index (χ3n) is 5.05. The number of nitrogens with zero attached hydrogens (tertiary/aromatic N) is 2. The van der Waals surface area contributed by atoms with E-state index >= 15 is 0 Å². The summed E-state index contributed by atoms with van der Waals surface area (Å²) in [5, 5.41) is 2.00. The minimum Gasteiger partial charge on any atom is -0.337 e. The van der Waals surface area contributed by atoms with E-state index in [-0.39, 0.29) is 16.7 Å². The van der Waals surface area contributed by atoms with Gasteiger partial charge in [-0.25, -0.2) is 8.42 Å². The fourth-order valence-corrected chi connectivity index (χ4v) is 5.67. The van der Waals surface area contributed by atoms with Crippen LogP contribution in [0.15, 0.2) is 40.6 Å². The SMILES string of the molecule is O=C(CS(=O)(=O)c1ccc(N2CCCC2=O)cc1)N1CCc2sccc2C1. The van der Waals surface area contributed by atoms with Crippen LogP contribution in [0.5, 0.6) is 0 Å². The number of fused-ring (bicyclic) bond motifs is 1. The van der Waals surface area contributed by atoms with Crippen LogP contribution in [0.1, 0.15) is 23.3 Å². The summed E-state index contributed by atoms with van der Waals surface area (Å²) in [5.74, 6) is -0.849. The Labute approximate surface area is 162 Å². The van der Waals surface area contributed by atoms with Crippen molar-refractivity contribution in [2.75, 3.05) is 23.7 Å². The van der Waals surface area contributed by atoms with Gasteiger partial charge in [-0.15, -0.1) is 11.3 Å². The Hall–Kier alpha value is -2.19. The highest BCUT2D eigenvalue weighted by atomic mass is 32.2. The van der Waals surface area contributed by atoms with Crippen molar-refractivity contribution < 1.29 is 18.0 Å². The van der Waals surface area contributed by atoms with E-state index in [1.54, 1.807) is 33.3 Å². The Morgan fingerprint density at radius 1 is 1.07 bits per heavy atom. The summed E-state index contributed by atoms with van der Waals surface area (Å²) in [7, 11) is -3.72. The van der Waals surface area contributed by atoms with Gasteiger partial charge < -0.3 is 9.80 Å². The number of benzene rings is 1. The molecule has 1 aromatic heterocycles. The monoisotopic (exact) mass is 404 g/mol. The van der Waals surface area contributed by atoms with E-state index < -0.39 is 15.6 Å². The molecule has 0 N–H and O–H groups in total. The lowest BCUT2D eigenvalue weighted by atomic mass is 10.1. The Morgan fingerprint density at radius 2 is 1.85 bits per heavy atom. The van der Waals surface area contributed by atoms with Crippen LogP contribution in [0.4, 0.5) is 5.69 Å². The number of amides is 2. The highest BCUT2D eigenvalue weighted by Crippen LogP contribution is 2.26. The normalized spacial score (nSPS) is 17.3. The van der Waals surface area contributed by atoms with Crippen molar-refractivity contribution in [2.24, 2.45) is 0 Å². The first kappa shape index (κ1) is 18.2. The summed E-state index contributed by atoms with van der Waals surface area (Å²) in [6.45, 7) is 1.68. The summed E-state index contributed by atoms with van der Waals surface area (Å²) in [5.41, 5.74) is 1.81. The molecule has 3 heterocycles. The van der Waals surface area contributed by atoms with Crippen LogP contribution in [0.25, 0.3) is 0 Å². The molecule has 142 valence electrons. The maximum absolute atomic E-state index is 12.7. The van der Waals surface area contributed by atoms with Gasteiger partial charge in [0.05, 0.1) is 4.90 Å². The number of rotatable bonds is 4. The first-order chi connectivity index (χ1) is 12.9. The molecule has 0 radical (unpaired) electrons. The Balaban J connectivity index is 1.45. The van der Waals surface area contributed by atoms with Gasteiger partial charge in [-0.1, -0.05) is 0 Å². The number of thiophene rings is 1. The zero-order valence-electron chi connectivity index (χ0n) is 14.8. The summed E-state index contributed by atoms with van der Waals surface area (Å²) in [6, 6.07) is 8.23. The highest BCUT2D eigenvalue weighted by molar-refractivity contribution is 7.92. The van der Waals surface area contributed by atoms with Gasteiger partial charge in [0.1, 0.15) is 5.75 Å². The van der Waals surface area contributed by atoms with Crippen LogP contribution in [0, 0.1) is 0 Å². The third kappa shape index (κ3) is 3.64. The Kier molecular flexibility index (Phi) is 4.77. The van der Waals surface area contributed by atoms with Crippen molar-refractivity contribution in [1.29, 1.82) is 0 Å². The van der Waals surface area contributed by atoms with Crippen molar-refractivity contribution in [2.45, 2.75) is 30.7 Å². The van der Waals surface area contributed by atoms with Crippen molar-refractivity contribution in [3.05, 3.63) is 46.2 Å². The molecule has 0 bridgehead atoms. The molecular weight excluding hydrogens is 384 g/mol. The molecule has 1 fully saturated rings. The van der Waals surface area contributed by atoms with Gasteiger partial charge in [0.2, 0.25) is 11.8 Å². The zero-order chi connectivity index (χ0) is 19.0. The van der Waals surface area contributed by atoms with Gasteiger partial charge in [-0.05, 0) is 54.1 Å². The molecule has 0 atom stereocenters. The summed E-state index contributed by atoms with van der Waals surface area (Å²) >= 11 is 1.68. The average molecular weight is 405 g/mol. The van der Waals surface area contributed by atoms with Crippen LogP contribution in [-0.2, 0) is 32.4 Å². The number of hydrogen-bond donors (Lipinski definition) is 0. The van der Waals surface area contributed by atoms with Gasteiger partial charge in [0.25, 0.3) is 0 Å². The Morgan fingerprint density at radius 3 is 2.56 bits per heavy atom. The second-order valence-electron chi connectivity index (χ2n) is 6.84. The van der Waals surface area contributed by atoms with Crippen LogP contribution < -0.4 is 4.90 Å². The predicted octanol–water partition coefficient (Wildman–Crippen LogP) is 2.23. The highest BCUT2D eigenvalue weighted by Gasteiger charge is 2.27. The van der Waals surface area contributed by atoms with Crippen LogP contribution in [0.2, 0.25) is 0 Å². The molecule has 2 aliphatic rings. The van der Waals surface area contributed by atoms with E-state index in [9.17, 15) is 18.0 Å². The molecule has 4 rings (SSSR count). The standard InChI is InChI=1S/C19H20N2O4S2/c22-18-2-1-9-21(18)15-3-5-16(6-4-15)27(24,25)13-19(23)20-10-7-17-14(12-20)8-11-26-17/h3-6,8,11H,1-2,7,9-10,12-13H2. The fraction of sp³-hybridized carbons (Fsp3) is 0.368. The molecule has 2 aromatic rings. The summed E-state index contributed by atoms with van der Waals surface area (Å²) in [4.78, 5) is 29.0. The number of carbonyl (C=O) groups excluding carboxylic acids is 2. The summed E-state index contributed by atoms with van der Waals surface area (Å²) < 4.78 is 25.3. The first-order valence-electron chi connectivity index (χ1n) is 8.90. The van der Waals surface area contributed by atoms with Gasteiger partial charge in [-0.3, -0.25) is 9.59 Å². The molecule has 27 heavy (non-hydrogen) atoms. The number of carbonyl (C=O) groups is 2. The molecule has 1 aromatic carbocycles. The van der Waals surface area contributed by atoms with E-state index in [0.29, 0.717) is 31.7 Å². The van der Waals surface area contributed by atoms with Crippen LogP contribution in [-0.4, -0.2) is 44.0 Å². The molecule has 2 amide bonds. The lowest BCUT2D eigenvalue weighted by Crippen LogP contribution is -2.38. The molecule has 1 saturated heterocycles. The molecule has 2 aliphatic heterocycles. The van der Waals surface area contributed by atoms with E-state index in [1.165, 1.54) is 17.0 Å². The second kappa shape index (κ2) is 7.09. The molecule has 0 aliphatic carbocycles. The van der Waals surface area contributed by atoms with Crippen molar-refractivity contribution in [3.63, 3.8) is 0 Å². The lowest BCUT2D eigenvalue weighted by molar-refractivity contribution is -0.129. The average Bonchev–Trinajstić information content (AvgIpc) is 3.29. The maximum atomic E-state index is 12.7. The minimum absolute atomic E-state index is 0.0543. The quantitative estimate of drug-likeness (QED) is 0.783. The smallest absolute Gasteiger partial charge is 0.238 e. The third-order valence-corrected chi connectivity index (χ3v) is 7.70. The van der Waals surface area contributed by atoms with Crippen molar-refractivity contribution in [3.8, 4) is 0 Å². The van der Waals surface area contributed by atoms with Crippen LogP contribution in [0.3, 0.4) is 0 Å². The van der Waals surface area contributed by atoms with E-state index in [1.807, 2.05) is 11.4 Å². The molecule has 6 nitrogen and oxygen atoms in total. The number of sulfone groups is 1. The predicted molar refractivity (Wildman–Crippen MR) is 104 cm³/mol. The largest absolute Gasteiger partial charge is 0.337 e. The van der Waals surface area contributed by atoms with E-state index in [4.69, 9.17) is 0 Å². The summed E-state index contributed by atoms with van der Waals surface area (Å²) in [6.07, 6.45) is 2.11. The van der Waals surface area contributed by atoms with E-state index in [2.05, 4.69) is 0 Å². The lowest BCUT2D eigenvalue weighted by Gasteiger charge is -2.27. The van der Waals surface area contributed by atoms with Crippen molar-refractivity contribution in [1.82, 2.24) is 4.90 Å². The first-order valence-corrected chi connectivity index (χ1v) is 11.4. The molecule has 0 spiro atoms. The topological polar surface area (TPSA) is 74.8 Å². The Bertz CT molecular complexity index is 979. The molecule has 8 heteroatoms. The van der Waals surface area contributed by atoms with Crippen molar-refractivity contribution >= 4 is 38.7 Å². The van der Waals surface area contributed by atoms with Gasteiger partial charge in [-0.2, -0.15) is 0 Å². The maximum Gasteiger partial charge on any atom is 0.238 e. The fourth-order valence-electron chi connectivity index (χ4n) is 3.55. The molecule has 0 saturated carbocycles. The number of anilines is 1. The van der Waals surface area contributed by atoms with Gasteiger partial charge >= 0.3 is 0 Å². The van der Waals surface area contributed by atoms with Crippen LogP contribution >= 0.6 is 11.3 Å². The molecular formula is C19H20N2O4S2. The van der Waals surface area contributed by atoms with E-state index in [0.717, 1.165) is 18.4 Å². The zero-order valence-corrected chi connectivity index (χ0v) is 16.4. The second-order valence-corrected chi connectivity index (χ2v) is 9.83. The molecule has 0 unspecified atom stereocenters. The number of hydrogen-bond acceptors (Lipinski definition) is 5. The minimum atomic E-state index is -3.72. The van der Waals surface area contributed by atoms with Gasteiger partial charge in [0.15, 0.2) is 9.84 Å². The van der Waals surface area contributed by atoms with Gasteiger partial charge in [0, 0.05) is 36.6 Å².